The van der Waals surface area contributed by atoms with Gasteiger partial charge >= 0.3 is 0 Å². The van der Waals surface area contributed by atoms with E-state index in [0.29, 0.717) is 12.6 Å². The molecule has 1 fully saturated rings. The molecule has 1 aromatic rings. The van der Waals surface area contributed by atoms with Crippen LogP contribution in [0.15, 0.2) is 6.20 Å². The maximum Gasteiger partial charge on any atom is 0.223 e. The molecule has 0 aromatic carbocycles. The monoisotopic (exact) mass is 220 g/mol. The summed E-state index contributed by atoms with van der Waals surface area (Å²) < 4.78 is 5.36. The van der Waals surface area contributed by atoms with E-state index in [9.17, 15) is 0 Å². The van der Waals surface area contributed by atoms with Crippen LogP contribution in [0.4, 0.5) is 5.95 Å². The number of nitrogens with one attached hydrogen (secondary N) is 2. The van der Waals surface area contributed by atoms with Crippen molar-refractivity contribution in [1.82, 2.24) is 15.3 Å². The molecule has 0 aliphatic carbocycles. The second-order valence-corrected chi connectivity index (χ2v) is 4.30. The number of hydrogen-bond acceptors (Lipinski definition) is 5. The van der Waals surface area contributed by atoms with Crippen molar-refractivity contribution >= 4 is 5.95 Å². The Morgan fingerprint density at radius 1 is 1.50 bits per heavy atom. The first-order valence-electron chi connectivity index (χ1n) is 5.81. The minimum atomic E-state index is 0.470. The zero-order chi connectivity index (χ0) is 10.8. The first-order valence-corrected chi connectivity index (χ1v) is 5.81. The number of nitrogens with zero attached hydrogens (tertiary/aromatic N) is 2. The molecule has 1 atom stereocenters. The Morgan fingerprint density at radius 3 is 3.38 bits per heavy atom. The SMILES string of the molecule is c1nc(NC2CCNC2)nc2c1COCC2. The predicted molar refractivity (Wildman–Crippen MR) is 60.3 cm³/mol. The number of anilines is 1. The molecule has 2 aliphatic rings. The maximum absolute atomic E-state index is 5.36. The van der Waals surface area contributed by atoms with Gasteiger partial charge in [0.2, 0.25) is 5.95 Å². The number of hydrogen-bond donors (Lipinski definition) is 2. The third-order valence-corrected chi connectivity index (χ3v) is 3.09. The average Bonchev–Trinajstić information content (AvgIpc) is 2.82. The molecular weight excluding hydrogens is 204 g/mol. The van der Waals surface area contributed by atoms with Gasteiger partial charge in [0.25, 0.3) is 0 Å². The summed E-state index contributed by atoms with van der Waals surface area (Å²) in [5, 5.41) is 6.68. The molecular formula is C11H16N4O. The van der Waals surface area contributed by atoms with Crippen LogP contribution in [0.1, 0.15) is 17.7 Å². The minimum absolute atomic E-state index is 0.470. The Bertz CT molecular complexity index is 376. The quantitative estimate of drug-likeness (QED) is 0.752. The van der Waals surface area contributed by atoms with Crippen molar-refractivity contribution in [3.8, 4) is 0 Å². The van der Waals surface area contributed by atoms with Crippen molar-refractivity contribution < 1.29 is 4.74 Å². The Kier molecular flexibility index (Phi) is 2.71. The lowest BCUT2D eigenvalue weighted by Gasteiger charge is -2.17. The zero-order valence-electron chi connectivity index (χ0n) is 9.20. The highest BCUT2D eigenvalue weighted by Gasteiger charge is 2.17. The molecule has 1 saturated heterocycles. The fraction of sp³-hybridized carbons (Fsp3) is 0.636. The van der Waals surface area contributed by atoms with Gasteiger partial charge in [-0.2, -0.15) is 0 Å². The molecule has 5 heteroatoms. The van der Waals surface area contributed by atoms with Crippen LogP contribution in [0.5, 0.6) is 0 Å². The fourth-order valence-electron chi connectivity index (χ4n) is 2.16. The van der Waals surface area contributed by atoms with Crippen LogP contribution >= 0.6 is 0 Å². The lowest BCUT2D eigenvalue weighted by Crippen LogP contribution is -2.24. The van der Waals surface area contributed by atoms with Crippen LogP contribution in [0.2, 0.25) is 0 Å². The molecule has 1 unspecified atom stereocenters. The van der Waals surface area contributed by atoms with E-state index in [-0.39, 0.29) is 0 Å². The van der Waals surface area contributed by atoms with E-state index in [1.807, 2.05) is 6.20 Å². The summed E-state index contributed by atoms with van der Waals surface area (Å²) in [6.45, 7) is 3.51. The third kappa shape index (κ3) is 2.01. The highest BCUT2D eigenvalue weighted by atomic mass is 16.5. The van der Waals surface area contributed by atoms with Gasteiger partial charge in [0, 0.05) is 30.8 Å². The molecule has 0 saturated carbocycles. The summed E-state index contributed by atoms with van der Waals surface area (Å²) in [6.07, 6.45) is 3.92. The number of rotatable bonds is 2. The van der Waals surface area contributed by atoms with Crippen LogP contribution in [0, 0.1) is 0 Å². The first-order chi connectivity index (χ1) is 7.92. The lowest BCUT2D eigenvalue weighted by atomic mass is 10.1. The molecule has 3 heterocycles. The predicted octanol–water partition coefficient (Wildman–Crippen LogP) is 0.323. The number of ether oxygens (including phenoxy) is 1. The summed E-state index contributed by atoms with van der Waals surface area (Å²) >= 11 is 0. The van der Waals surface area contributed by atoms with Gasteiger partial charge in [-0.05, 0) is 13.0 Å². The first kappa shape index (κ1) is 9.99. The summed E-state index contributed by atoms with van der Waals surface area (Å²) in [5.74, 6) is 0.759. The lowest BCUT2D eigenvalue weighted by molar-refractivity contribution is 0.109. The number of aromatic nitrogens is 2. The smallest absolute Gasteiger partial charge is 0.223 e. The van der Waals surface area contributed by atoms with Gasteiger partial charge in [0.05, 0.1) is 18.9 Å². The van der Waals surface area contributed by atoms with Gasteiger partial charge in [-0.15, -0.1) is 0 Å². The molecule has 16 heavy (non-hydrogen) atoms. The van der Waals surface area contributed by atoms with Crippen LogP contribution in [-0.4, -0.2) is 35.7 Å². The standard InChI is InChI=1S/C11H16N4O/c1-3-12-6-9(1)14-11-13-5-8-7-16-4-2-10(8)15-11/h5,9,12H,1-4,6-7H2,(H,13,14,15). The molecule has 0 amide bonds. The molecule has 86 valence electrons. The van der Waals surface area contributed by atoms with Crippen molar-refractivity contribution in [2.75, 3.05) is 25.0 Å². The summed E-state index contributed by atoms with van der Waals surface area (Å²) in [5.41, 5.74) is 2.26. The van der Waals surface area contributed by atoms with E-state index in [4.69, 9.17) is 4.74 Å². The van der Waals surface area contributed by atoms with Crippen LogP contribution in [-0.2, 0) is 17.8 Å². The molecule has 0 radical (unpaired) electrons. The van der Waals surface area contributed by atoms with Gasteiger partial charge < -0.3 is 15.4 Å². The van der Waals surface area contributed by atoms with Crippen molar-refractivity contribution in [3.63, 3.8) is 0 Å². The summed E-state index contributed by atoms with van der Waals surface area (Å²) in [7, 11) is 0. The topological polar surface area (TPSA) is 59.1 Å². The maximum atomic E-state index is 5.36. The number of fused-ring (bicyclic) bond motifs is 1. The Morgan fingerprint density at radius 2 is 2.50 bits per heavy atom. The zero-order valence-corrected chi connectivity index (χ0v) is 9.20. The third-order valence-electron chi connectivity index (χ3n) is 3.09. The van der Waals surface area contributed by atoms with Crippen molar-refractivity contribution in [2.24, 2.45) is 0 Å². The van der Waals surface area contributed by atoms with Gasteiger partial charge in [-0.1, -0.05) is 0 Å². The van der Waals surface area contributed by atoms with E-state index >= 15 is 0 Å². The summed E-state index contributed by atoms with van der Waals surface area (Å²) in [4.78, 5) is 8.87. The molecule has 2 aliphatic heterocycles. The van der Waals surface area contributed by atoms with E-state index in [0.717, 1.165) is 49.7 Å². The van der Waals surface area contributed by atoms with Gasteiger partial charge in [-0.3, -0.25) is 0 Å². The highest BCUT2D eigenvalue weighted by Crippen LogP contribution is 2.15. The molecule has 0 bridgehead atoms. The van der Waals surface area contributed by atoms with Crippen molar-refractivity contribution in [3.05, 3.63) is 17.5 Å². The largest absolute Gasteiger partial charge is 0.376 e. The second-order valence-electron chi connectivity index (χ2n) is 4.30. The van der Waals surface area contributed by atoms with E-state index in [1.165, 1.54) is 0 Å². The van der Waals surface area contributed by atoms with Gasteiger partial charge in [0.15, 0.2) is 0 Å². The van der Waals surface area contributed by atoms with E-state index in [1.54, 1.807) is 0 Å². The van der Waals surface area contributed by atoms with E-state index < -0.39 is 0 Å². The molecule has 3 rings (SSSR count). The molecule has 5 nitrogen and oxygen atoms in total. The van der Waals surface area contributed by atoms with Gasteiger partial charge in [0.1, 0.15) is 0 Å². The van der Waals surface area contributed by atoms with Crippen molar-refractivity contribution in [1.29, 1.82) is 0 Å². The second kappa shape index (κ2) is 4.35. The molecule has 2 N–H and O–H groups in total. The average molecular weight is 220 g/mol. The Labute approximate surface area is 94.6 Å². The van der Waals surface area contributed by atoms with Crippen LogP contribution in [0.3, 0.4) is 0 Å². The molecule has 0 spiro atoms. The Balaban J connectivity index is 1.74. The molecule has 1 aromatic heterocycles. The fourth-order valence-corrected chi connectivity index (χ4v) is 2.16. The minimum Gasteiger partial charge on any atom is -0.376 e. The van der Waals surface area contributed by atoms with E-state index in [2.05, 4.69) is 20.6 Å². The normalized spacial score (nSPS) is 24.1. The van der Waals surface area contributed by atoms with Gasteiger partial charge in [-0.25, -0.2) is 9.97 Å². The Hall–Kier alpha value is -1.20. The van der Waals surface area contributed by atoms with Crippen LogP contribution < -0.4 is 10.6 Å². The highest BCUT2D eigenvalue weighted by molar-refractivity contribution is 5.31. The summed E-state index contributed by atoms with van der Waals surface area (Å²) in [6, 6.07) is 0.470. The van der Waals surface area contributed by atoms with Crippen LogP contribution in [0.25, 0.3) is 0 Å². The van der Waals surface area contributed by atoms with Crippen molar-refractivity contribution in [2.45, 2.75) is 25.5 Å².